The number of ether oxygens (including phenoxy) is 2. The highest BCUT2D eigenvalue weighted by atomic mass is 16.5. The Labute approximate surface area is 359 Å². The molecule has 8 nitrogen and oxygen atoms in total. The summed E-state index contributed by atoms with van der Waals surface area (Å²) in [5.41, 5.74) is 8.85. The third-order valence-electron chi connectivity index (χ3n) is 13.7. The normalized spacial score (nSPS) is 20.1. The Hall–Kier alpha value is -4.66. The molecule has 4 aliphatic rings. The Kier molecular flexibility index (Phi) is 14.0. The number of hydrogen-bond donors (Lipinski definition) is 0. The summed E-state index contributed by atoms with van der Waals surface area (Å²) in [5.74, 6) is 0.626. The van der Waals surface area contributed by atoms with Crippen molar-refractivity contribution in [2.24, 2.45) is 11.8 Å². The molecular weight excluding hydrogens is 745 g/mol. The van der Waals surface area contributed by atoms with E-state index in [2.05, 4.69) is 135 Å². The molecule has 4 saturated heterocycles. The molecule has 0 bridgehead atoms. The Bertz CT molecular complexity index is 1880. The van der Waals surface area contributed by atoms with Crippen LogP contribution in [0.3, 0.4) is 0 Å². The molecule has 0 spiro atoms. The molecule has 4 aliphatic heterocycles. The van der Waals surface area contributed by atoms with Crippen LogP contribution in [0.2, 0.25) is 0 Å². The van der Waals surface area contributed by atoms with Gasteiger partial charge in [0, 0.05) is 88.1 Å². The summed E-state index contributed by atoms with van der Waals surface area (Å²) < 4.78 is 11.1. The van der Waals surface area contributed by atoms with E-state index in [1.807, 2.05) is 9.80 Å². The summed E-state index contributed by atoms with van der Waals surface area (Å²) in [5, 5.41) is 0. The fourth-order valence-corrected chi connectivity index (χ4v) is 9.48. The molecule has 0 aromatic heterocycles. The molecule has 4 aromatic carbocycles. The Morgan fingerprint density at radius 1 is 0.483 bits per heavy atom. The Morgan fingerprint density at radius 3 is 1.18 bits per heavy atom. The molecule has 4 heterocycles. The van der Waals surface area contributed by atoms with Gasteiger partial charge < -0.3 is 29.1 Å². The molecule has 4 fully saturated rings. The largest absolute Gasteiger partial charge is 0.374 e. The van der Waals surface area contributed by atoms with Crippen molar-refractivity contribution in [2.75, 3.05) is 73.1 Å². The van der Waals surface area contributed by atoms with Gasteiger partial charge in [0.05, 0.1) is 11.2 Å². The number of amides is 2. The van der Waals surface area contributed by atoms with Gasteiger partial charge in [-0.15, -0.1) is 0 Å². The third kappa shape index (κ3) is 9.92. The lowest BCUT2D eigenvalue weighted by molar-refractivity contribution is -0.121. The highest BCUT2D eigenvalue weighted by molar-refractivity contribution is 5.98. The number of hydrogen-bond acceptors (Lipinski definition) is 6. The lowest BCUT2D eigenvalue weighted by Crippen LogP contribution is -2.31. The fraction of sp³-hybridized carbons (Fsp3) is 0.500. The number of benzene rings is 4. The first kappa shape index (κ1) is 43.4. The van der Waals surface area contributed by atoms with Crippen LogP contribution < -0.4 is 19.6 Å². The van der Waals surface area contributed by atoms with Gasteiger partial charge in [0.25, 0.3) is 0 Å². The summed E-state index contributed by atoms with van der Waals surface area (Å²) in [7, 11) is 3.45. The van der Waals surface area contributed by atoms with E-state index in [1.54, 1.807) is 14.2 Å². The predicted molar refractivity (Wildman–Crippen MR) is 246 cm³/mol. The monoisotopic (exact) mass is 813 g/mol. The highest BCUT2D eigenvalue weighted by Gasteiger charge is 2.35. The maximum atomic E-state index is 13.2. The first-order chi connectivity index (χ1) is 29.0. The van der Waals surface area contributed by atoms with Crippen LogP contribution in [0, 0.1) is 11.8 Å². The number of piperidine rings is 2. The smallest absolute Gasteiger partial charge is 0.230 e. The van der Waals surface area contributed by atoms with E-state index in [9.17, 15) is 9.59 Å². The lowest BCUT2D eigenvalue weighted by Gasteiger charge is -2.31. The van der Waals surface area contributed by atoms with E-state index < -0.39 is 0 Å². The minimum absolute atomic E-state index is 0.0611. The van der Waals surface area contributed by atoms with E-state index in [0.717, 1.165) is 87.5 Å². The zero-order valence-electron chi connectivity index (χ0n) is 37.1. The molecule has 320 valence electrons. The Morgan fingerprint density at radius 2 is 0.833 bits per heavy atom. The second-order valence-electron chi connectivity index (χ2n) is 18.2. The van der Waals surface area contributed by atoms with Gasteiger partial charge in [-0.2, -0.15) is 0 Å². The second-order valence-corrected chi connectivity index (χ2v) is 18.2. The van der Waals surface area contributed by atoms with Crippen LogP contribution in [-0.4, -0.2) is 65.3 Å². The second kappa shape index (κ2) is 19.4. The average molecular weight is 813 g/mol. The van der Waals surface area contributed by atoms with Gasteiger partial charge >= 0.3 is 0 Å². The molecule has 0 radical (unpaired) electrons. The number of rotatable bonds is 12. The summed E-state index contributed by atoms with van der Waals surface area (Å²) in [6.07, 6.45) is 11.2. The molecule has 0 saturated carbocycles. The molecule has 60 heavy (non-hydrogen) atoms. The lowest BCUT2D eigenvalue weighted by atomic mass is 9.95. The van der Waals surface area contributed by atoms with Crippen LogP contribution in [0.4, 0.5) is 22.7 Å². The van der Waals surface area contributed by atoms with Gasteiger partial charge in [-0.25, -0.2) is 0 Å². The number of carbonyl (C=O) groups excluding carboxylic acids is 2. The minimum Gasteiger partial charge on any atom is -0.374 e. The number of methoxy groups -OCH3 is 2. The maximum Gasteiger partial charge on any atom is 0.230 e. The first-order valence-electron chi connectivity index (χ1n) is 22.6. The van der Waals surface area contributed by atoms with Crippen molar-refractivity contribution in [1.82, 2.24) is 0 Å². The van der Waals surface area contributed by atoms with Crippen LogP contribution in [-0.2, 0) is 43.1 Å². The summed E-state index contributed by atoms with van der Waals surface area (Å²) >= 11 is 0. The SMILES string of the molecule is COC(C)(C)c1ccc(N2CCC(Cc3ccccc3N3CCCCC3)C2=O)cc1.COC(C)(C)c1ccc(N2CC[C@@H](Cc3ccccc3N3CCCCC3)C2=O)cc1. The van der Waals surface area contributed by atoms with Crippen molar-refractivity contribution in [3.63, 3.8) is 0 Å². The molecule has 1 unspecified atom stereocenters. The maximum absolute atomic E-state index is 13.2. The van der Waals surface area contributed by atoms with Gasteiger partial charge in [0.1, 0.15) is 0 Å². The quantitative estimate of drug-likeness (QED) is 0.142. The van der Waals surface area contributed by atoms with Gasteiger partial charge in [-0.1, -0.05) is 60.7 Å². The van der Waals surface area contributed by atoms with Crippen molar-refractivity contribution in [2.45, 2.75) is 103 Å². The molecule has 2 amide bonds. The Balaban J connectivity index is 0.000000181. The molecule has 8 heteroatoms. The number of nitrogens with zero attached hydrogens (tertiary/aromatic N) is 4. The topological polar surface area (TPSA) is 65.6 Å². The van der Waals surface area contributed by atoms with Crippen LogP contribution in [0.25, 0.3) is 0 Å². The van der Waals surface area contributed by atoms with Crippen molar-refractivity contribution in [3.05, 3.63) is 119 Å². The molecular formula is C52H68N4O4. The van der Waals surface area contributed by atoms with E-state index in [0.29, 0.717) is 0 Å². The van der Waals surface area contributed by atoms with Crippen molar-refractivity contribution in [3.8, 4) is 0 Å². The summed E-state index contributed by atoms with van der Waals surface area (Å²) in [4.78, 5) is 35.4. The van der Waals surface area contributed by atoms with Crippen LogP contribution in [0.5, 0.6) is 0 Å². The van der Waals surface area contributed by atoms with Crippen LogP contribution in [0.1, 0.15) is 101 Å². The standard InChI is InChI=1S/2C26H34N2O2/c2*1-26(2,30-3)22-11-13-23(14-12-22)28-18-15-21(25(28)29)19-20-9-5-6-10-24(20)27-16-7-4-8-17-27/h2*5-6,9-14,21H,4,7-8,15-19H2,1-3H3/t21-;/m0./s1. The van der Waals surface area contributed by atoms with E-state index in [4.69, 9.17) is 9.47 Å². The number of carbonyl (C=O) groups is 2. The molecule has 0 aliphatic carbocycles. The molecule has 8 rings (SSSR count). The van der Waals surface area contributed by atoms with Crippen molar-refractivity contribution < 1.29 is 19.1 Å². The summed E-state index contributed by atoms with van der Waals surface area (Å²) in [6, 6.07) is 33.9. The predicted octanol–water partition coefficient (Wildman–Crippen LogP) is 10.3. The fourth-order valence-electron chi connectivity index (χ4n) is 9.48. The van der Waals surface area contributed by atoms with Gasteiger partial charge in [-0.3, -0.25) is 9.59 Å². The van der Waals surface area contributed by atoms with Crippen LogP contribution >= 0.6 is 0 Å². The van der Waals surface area contributed by atoms with Crippen molar-refractivity contribution in [1.29, 1.82) is 0 Å². The van der Waals surface area contributed by atoms with Gasteiger partial charge in [0.15, 0.2) is 0 Å². The van der Waals surface area contributed by atoms with E-state index in [-0.39, 0.29) is 34.9 Å². The van der Waals surface area contributed by atoms with Crippen molar-refractivity contribution >= 4 is 34.6 Å². The summed E-state index contributed by atoms with van der Waals surface area (Å²) in [6.45, 7) is 14.3. The van der Waals surface area contributed by atoms with Gasteiger partial charge in [0.2, 0.25) is 11.8 Å². The van der Waals surface area contributed by atoms with E-state index in [1.165, 1.54) is 61.0 Å². The molecule has 2 atom stereocenters. The van der Waals surface area contributed by atoms with Crippen LogP contribution in [0.15, 0.2) is 97.1 Å². The minimum atomic E-state index is -0.325. The average Bonchev–Trinajstić information content (AvgIpc) is 3.84. The number of para-hydroxylation sites is 2. The zero-order valence-corrected chi connectivity index (χ0v) is 37.1. The molecule has 0 N–H and O–H groups in total. The highest BCUT2D eigenvalue weighted by Crippen LogP contribution is 2.35. The third-order valence-corrected chi connectivity index (χ3v) is 13.7. The zero-order chi connectivity index (χ0) is 42.3. The van der Waals surface area contributed by atoms with Gasteiger partial charge in [-0.05, 0) is 151 Å². The van der Waals surface area contributed by atoms with E-state index >= 15 is 0 Å². The first-order valence-corrected chi connectivity index (χ1v) is 22.6. The molecule has 4 aromatic rings. The number of anilines is 4.